The van der Waals surface area contributed by atoms with Gasteiger partial charge in [-0.05, 0) is 31.8 Å². The summed E-state index contributed by atoms with van der Waals surface area (Å²) in [6, 6.07) is 0. The molecule has 0 spiro atoms. The molecule has 78 valence electrons. The number of carbonyl (C=O) groups is 1. The van der Waals surface area contributed by atoms with E-state index in [1.54, 1.807) is 0 Å². The molecule has 0 aliphatic carbocycles. The van der Waals surface area contributed by atoms with Gasteiger partial charge in [0.2, 0.25) is 5.91 Å². The monoisotopic (exact) mass is 194 g/mol. The SMILES string of the molecule is C#CCCC(=O)NCCC1CCNC1. The lowest BCUT2D eigenvalue weighted by Gasteiger charge is -2.08. The van der Waals surface area contributed by atoms with Gasteiger partial charge in [-0.15, -0.1) is 12.3 Å². The van der Waals surface area contributed by atoms with E-state index >= 15 is 0 Å². The van der Waals surface area contributed by atoms with Crippen LogP contribution in [-0.4, -0.2) is 25.5 Å². The number of terminal acetylenes is 1. The first-order valence-corrected chi connectivity index (χ1v) is 5.24. The van der Waals surface area contributed by atoms with Gasteiger partial charge >= 0.3 is 0 Å². The molecular weight excluding hydrogens is 176 g/mol. The van der Waals surface area contributed by atoms with Gasteiger partial charge in [0, 0.05) is 19.4 Å². The Labute approximate surface area is 85.6 Å². The summed E-state index contributed by atoms with van der Waals surface area (Å²) in [4.78, 5) is 11.2. The molecule has 1 atom stereocenters. The van der Waals surface area contributed by atoms with E-state index in [-0.39, 0.29) is 5.91 Å². The molecule has 1 unspecified atom stereocenters. The minimum absolute atomic E-state index is 0.0777. The molecular formula is C11H18N2O. The predicted molar refractivity (Wildman–Crippen MR) is 56.7 cm³/mol. The van der Waals surface area contributed by atoms with Gasteiger partial charge in [-0.3, -0.25) is 4.79 Å². The molecule has 1 amide bonds. The van der Waals surface area contributed by atoms with Gasteiger partial charge in [-0.25, -0.2) is 0 Å². The van der Waals surface area contributed by atoms with Crippen molar-refractivity contribution in [3.8, 4) is 12.3 Å². The normalized spacial score (nSPS) is 20.4. The summed E-state index contributed by atoms with van der Waals surface area (Å²) in [5.41, 5.74) is 0. The third-order valence-electron chi connectivity index (χ3n) is 2.53. The smallest absolute Gasteiger partial charge is 0.220 e. The van der Waals surface area contributed by atoms with E-state index in [1.807, 2.05) is 0 Å². The van der Waals surface area contributed by atoms with E-state index in [9.17, 15) is 4.79 Å². The minimum Gasteiger partial charge on any atom is -0.356 e. The Bertz CT molecular complexity index is 214. The topological polar surface area (TPSA) is 41.1 Å². The largest absolute Gasteiger partial charge is 0.356 e. The number of nitrogens with one attached hydrogen (secondary N) is 2. The van der Waals surface area contributed by atoms with Crippen molar-refractivity contribution in [2.24, 2.45) is 5.92 Å². The maximum Gasteiger partial charge on any atom is 0.220 e. The summed E-state index contributed by atoms with van der Waals surface area (Å²) in [6.07, 6.45) is 8.38. The van der Waals surface area contributed by atoms with Crippen LogP contribution in [-0.2, 0) is 4.79 Å². The first-order valence-electron chi connectivity index (χ1n) is 5.24. The van der Waals surface area contributed by atoms with Crippen LogP contribution < -0.4 is 10.6 Å². The van der Waals surface area contributed by atoms with Crippen LogP contribution in [0.1, 0.15) is 25.7 Å². The molecule has 2 N–H and O–H groups in total. The molecule has 1 saturated heterocycles. The number of hydrogen-bond donors (Lipinski definition) is 2. The van der Waals surface area contributed by atoms with Crippen LogP contribution >= 0.6 is 0 Å². The quantitative estimate of drug-likeness (QED) is 0.626. The van der Waals surface area contributed by atoms with Crippen LogP contribution in [0.2, 0.25) is 0 Å². The molecule has 1 heterocycles. The second kappa shape index (κ2) is 6.44. The Morgan fingerprint density at radius 2 is 2.50 bits per heavy atom. The number of amides is 1. The Kier molecular flexibility index (Phi) is 5.09. The fourth-order valence-corrected chi connectivity index (χ4v) is 1.65. The summed E-state index contributed by atoms with van der Waals surface area (Å²) >= 11 is 0. The van der Waals surface area contributed by atoms with E-state index in [0.29, 0.717) is 12.8 Å². The third-order valence-corrected chi connectivity index (χ3v) is 2.53. The highest BCUT2D eigenvalue weighted by atomic mass is 16.1. The Morgan fingerprint density at radius 1 is 1.64 bits per heavy atom. The van der Waals surface area contributed by atoms with E-state index in [1.165, 1.54) is 6.42 Å². The fourth-order valence-electron chi connectivity index (χ4n) is 1.65. The summed E-state index contributed by atoms with van der Waals surface area (Å²) < 4.78 is 0. The molecule has 1 aliphatic heterocycles. The Hall–Kier alpha value is -1.01. The van der Waals surface area contributed by atoms with Crippen molar-refractivity contribution in [1.82, 2.24) is 10.6 Å². The molecule has 1 fully saturated rings. The first-order chi connectivity index (χ1) is 6.83. The highest BCUT2D eigenvalue weighted by Gasteiger charge is 2.13. The molecule has 0 aromatic rings. The molecule has 1 rings (SSSR count). The standard InChI is InChI=1S/C11H18N2O/c1-2-3-4-11(14)13-8-6-10-5-7-12-9-10/h1,10,12H,3-9H2,(H,13,14). The molecule has 1 aliphatic rings. The van der Waals surface area contributed by atoms with Gasteiger partial charge in [-0.2, -0.15) is 0 Å². The van der Waals surface area contributed by atoms with Crippen molar-refractivity contribution in [1.29, 1.82) is 0 Å². The maximum atomic E-state index is 11.2. The lowest BCUT2D eigenvalue weighted by Crippen LogP contribution is -2.26. The average molecular weight is 194 g/mol. The minimum atomic E-state index is 0.0777. The van der Waals surface area contributed by atoms with Crippen molar-refractivity contribution in [3.05, 3.63) is 0 Å². The van der Waals surface area contributed by atoms with Crippen LogP contribution in [0, 0.1) is 18.3 Å². The van der Waals surface area contributed by atoms with Crippen LogP contribution in [0.15, 0.2) is 0 Å². The van der Waals surface area contributed by atoms with Crippen LogP contribution in [0.25, 0.3) is 0 Å². The zero-order chi connectivity index (χ0) is 10.2. The summed E-state index contributed by atoms with van der Waals surface area (Å²) in [7, 11) is 0. The van der Waals surface area contributed by atoms with Crippen molar-refractivity contribution < 1.29 is 4.79 Å². The first kappa shape index (κ1) is 11.1. The fraction of sp³-hybridized carbons (Fsp3) is 0.727. The molecule has 3 heteroatoms. The molecule has 0 saturated carbocycles. The highest BCUT2D eigenvalue weighted by Crippen LogP contribution is 2.10. The molecule has 0 aromatic heterocycles. The van der Waals surface area contributed by atoms with Crippen molar-refractivity contribution in [2.45, 2.75) is 25.7 Å². The Balaban J connectivity index is 1.97. The summed E-state index contributed by atoms with van der Waals surface area (Å²) in [6.45, 7) is 3.01. The van der Waals surface area contributed by atoms with E-state index in [2.05, 4.69) is 16.6 Å². The van der Waals surface area contributed by atoms with Crippen LogP contribution in [0.3, 0.4) is 0 Å². The number of hydrogen-bond acceptors (Lipinski definition) is 2. The number of rotatable bonds is 5. The molecule has 14 heavy (non-hydrogen) atoms. The molecule has 0 radical (unpaired) electrons. The van der Waals surface area contributed by atoms with Crippen LogP contribution in [0.5, 0.6) is 0 Å². The van der Waals surface area contributed by atoms with Gasteiger partial charge in [0.25, 0.3) is 0 Å². The molecule has 3 nitrogen and oxygen atoms in total. The summed E-state index contributed by atoms with van der Waals surface area (Å²) in [5, 5.41) is 6.19. The van der Waals surface area contributed by atoms with Gasteiger partial charge < -0.3 is 10.6 Å². The lowest BCUT2D eigenvalue weighted by molar-refractivity contribution is -0.121. The van der Waals surface area contributed by atoms with E-state index in [0.717, 1.165) is 32.0 Å². The van der Waals surface area contributed by atoms with Crippen molar-refractivity contribution >= 4 is 5.91 Å². The zero-order valence-electron chi connectivity index (χ0n) is 8.51. The average Bonchev–Trinajstić information content (AvgIpc) is 2.67. The second-order valence-electron chi connectivity index (χ2n) is 3.70. The van der Waals surface area contributed by atoms with Gasteiger partial charge in [-0.1, -0.05) is 0 Å². The molecule has 0 aromatic carbocycles. The molecule has 0 bridgehead atoms. The van der Waals surface area contributed by atoms with Crippen molar-refractivity contribution in [2.75, 3.05) is 19.6 Å². The third kappa shape index (κ3) is 4.29. The van der Waals surface area contributed by atoms with Crippen LogP contribution in [0.4, 0.5) is 0 Å². The summed E-state index contributed by atoms with van der Waals surface area (Å²) in [5.74, 6) is 3.28. The highest BCUT2D eigenvalue weighted by molar-refractivity contribution is 5.76. The maximum absolute atomic E-state index is 11.2. The predicted octanol–water partition coefficient (Wildman–Crippen LogP) is 0.516. The van der Waals surface area contributed by atoms with Gasteiger partial charge in [0.05, 0.1) is 0 Å². The zero-order valence-corrected chi connectivity index (χ0v) is 8.51. The van der Waals surface area contributed by atoms with Gasteiger partial charge in [0.1, 0.15) is 0 Å². The Morgan fingerprint density at radius 3 is 3.14 bits per heavy atom. The van der Waals surface area contributed by atoms with E-state index < -0.39 is 0 Å². The van der Waals surface area contributed by atoms with Crippen molar-refractivity contribution in [3.63, 3.8) is 0 Å². The number of carbonyl (C=O) groups excluding carboxylic acids is 1. The van der Waals surface area contributed by atoms with Gasteiger partial charge in [0.15, 0.2) is 0 Å². The second-order valence-corrected chi connectivity index (χ2v) is 3.70. The lowest BCUT2D eigenvalue weighted by atomic mass is 10.1. The van der Waals surface area contributed by atoms with E-state index in [4.69, 9.17) is 6.42 Å².